The Labute approximate surface area is 146 Å². The number of benzene rings is 1. The zero-order chi connectivity index (χ0) is 20.0. The molecule has 1 aromatic carbocycles. The van der Waals surface area contributed by atoms with Crippen molar-refractivity contribution in [3.05, 3.63) is 50.5 Å². The first-order valence-corrected chi connectivity index (χ1v) is 7.31. The molecule has 1 aromatic rings. The predicted octanol–water partition coefficient (Wildman–Crippen LogP) is 2.06. The van der Waals surface area contributed by atoms with Gasteiger partial charge in [-0.2, -0.15) is 4.39 Å². The predicted molar refractivity (Wildman–Crippen MR) is 83.6 cm³/mol. The average molecular weight is 375 g/mol. The van der Waals surface area contributed by atoms with Crippen LogP contribution in [0, 0.1) is 34.5 Å². The van der Waals surface area contributed by atoms with Crippen LogP contribution < -0.4 is 10.9 Å². The highest BCUT2D eigenvalue weighted by atomic mass is 19.2. The van der Waals surface area contributed by atoms with Gasteiger partial charge >= 0.3 is 11.7 Å². The van der Waals surface area contributed by atoms with Crippen molar-refractivity contribution in [1.82, 2.24) is 10.9 Å². The second-order valence-electron chi connectivity index (χ2n) is 5.00. The van der Waals surface area contributed by atoms with Crippen LogP contribution in [0.2, 0.25) is 0 Å². The molecular formula is C15H16F3N3O5. The van der Waals surface area contributed by atoms with E-state index >= 15 is 0 Å². The van der Waals surface area contributed by atoms with E-state index < -0.39 is 56.5 Å². The molecule has 2 N–H and O–H groups in total. The number of halogens is 3. The molecular weight excluding hydrogens is 359 g/mol. The van der Waals surface area contributed by atoms with Crippen molar-refractivity contribution < 1.29 is 32.4 Å². The van der Waals surface area contributed by atoms with E-state index in [-0.39, 0.29) is 0 Å². The molecule has 0 aliphatic heterocycles. The lowest BCUT2D eigenvalue weighted by atomic mass is 9.98. The molecule has 0 aliphatic carbocycles. The second-order valence-corrected chi connectivity index (χ2v) is 5.00. The molecule has 0 spiro atoms. The molecule has 0 fully saturated rings. The highest BCUT2D eigenvalue weighted by Gasteiger charge is 2.37. The third-order valence-corrected chi connectivity index (χ3v) is 3.27. The standard InChI is InChI=1S/C15H16F3N3O5/c1-4-5-19-20-6-8(15(23)26-3)14(22)9-10(16)7(2)11(17)12(18)13(9)21(24)25/h6,19-20H,4-5H2,1-3H3/b8-6+. The number of hydrogen-bond donors (Lipinski definition) is 2. The van der Waals surface area contributed by atoms with Crippen molar-refractivity contribution in [2.24, 2.45) is 0 Å². The van der Waals surface area contributed by atoms with Gasteiger partial charge in [0.15, 0.2) is 5.82 Å². The number of hydrazine groups is 1. The molecule has 0 bridgehead atoms. The quantitative estimate of drug-likeness (QED) is 0.0823. The normalized spacial score (nSPS) is 11.2. The number of nitro benzene ring substituents is 1. The van der Waals surface area contributed by atoms with E-state index in [1.54, 1.807) is 0 Å². The molecule has 0 unspecified atom stereocenters. The molecule has 0 radical (unpaired) electrons. The van der Waals surface area contributed by atoms with Crippen LogP contribution in [0.5, 0.6) is 0 Å². The molecule has 8 nitrogen and oxygen atoms in total. The first-order chi connectivity index (χ1) is 12.2. The van der Waals surface area contributed by atoms with E-state index in [2.05, 4.69) is 15.6 Å². The van der Waals surface area contributed by atoms with Crippen LogP contribution >= 0.6 is 0 Å². The van der Waals surface area contributed by atoms with Crippen molar-refractivity contribution in [2.45, 2.75) is 20.3 Å². The number of carbonyl (C=O) groups excluding carboxylic acids is 2. The first-order valence-electron chi connectivity index (χ1n) is 7.31. The van der Waals surface area contributed by atoms with Crippen LogP contribution in [0.4, 0.5) is 18.9 Å². The van der Waals surface area contributed by atoms with Gasteiger partial charge in [0.1, 0.15) is 17.0 Å². The van der Waals surface area contributed by atoms with E-state index in [1.165, 1.54) is 0 Å². The largest absolute Gasteiger partial charge is 0.465 e. The average Bonchev–Trinajstić information content (AvgIpc) is 2.61. The summed E-state index contributed by atoms with van der Waals surface area (Å²) >= 11 is 0. The zero-order valence-corrected chi connectivity index (χ0v) is 14.1. The Balaban J connectivity index is 3.57. The summed E-state index contributed by atoms with van der Waals surface area (Å²) in [5.74, 6) is -8.22. The molecule has 142 valence electrons. The van der Waals surface area contributed by atoms with Gasteiger partial charge in [-0.25, -0.2) is 19.0 Å². The lowest BCUT2D eigenvalue weighted by molar-refractivity contribution is -0.388. The van der Waals surface area contributed by atoms with E-state index in [1.807, 2.05) is 6.92 Å². The highest BCUT2D eigenvalue weighted by molar-refractivity contribution is 6.25. The summed E-state index contributed by atoms with van der Waals surface area (Å²) in [6.07, 6.45) is 1.48. The minimum atomic E-state index is -2.00. The van der Waals surface area contributed by atoms with Gasteiger partial charge in [0.25, 0.3) is 0 Å². The molecule has 26 heavy (non-hydrogen) atoms. The molecule has 0 heterocycles. The minimum Gasteiger partial charge on any atom is -0.465 e. The summed E-state index contributed by atoms with van der Waals surface area (Å²) in [5, 5.41) is 11.0. The Hall–Kier alpha value is -2.95. The number of nitro groups is 1. The Morgan fingerprint density at radius 1 is 1.23 bits per heavy atom. The van der Waals surface area contributed by atoms with E-state index in [9.17, 15) is 32.9 Å². The van der Waals surface area contributed by atoms with E-state index in [0.29, 0.717) is 13.0 Å². The SMILES string of the molecule is CCCNN/C=C(/C(=O)OC)C(=O)c1c(F)c(C)c(F)c(F)c1[N+](=O)[O-]. The maximum atomic E-state index is 14.3. The Bertz CT molecular complexity index is 781. The summed E-state index contributed by atoms with van der Waals surface area (Å²) in [6.45, 7) is 3.06. The van der Waals surface area contributed by atoms with Crippen LogP contribution in [0.15, 0.2) is 11.8 Å². The fraction of sp³-hybridized carbons (Fsp3) is 0.333. The number of carbonyl (C=O) groups is 2. The Morgan fingerprint density at radius 2 is 1.85 bits per heavy atom. The number of ketones is 1. The maximum absolute atomic E-state index is 14.3. The van der Waals surface area contributed by atoms with Gasteiger partial charge in [-0.05, 0) is 13.3 Å². The molecule has 0 saturated heterocycles. The number of nitrogens with one attached hydrogen (secondary N) is 2. The monoisotopic (exact) mass is 375 g/mol. The van der Waals surface area contributed by atoms with Crippen LogP contribution in [0.25, 0.3) is 0 Å². The van der Waals surface area contributed by atoms with Crippen molar-refractivity contribution >= 4 is 17.4 Å². The van der Waals surface area contributed by atoms with Crippen molar-refractivity contribution in [3.63, 3.8) is 0 Å². The van der Waals surface area contributed by atoms with Gasteiger partial charge in [-0.3, -0.25) is 14.9 Å². The van der Waals surface area contributed by atoms with Crippen LogP contribution in [0.1, 0.15) is 29.3 Å². The molecule has 0 atom stereocenters. The Morgan fingerprint density at radius 3 is 2.35 bits per heavy atom. The summed E-state index contributed by atoms with van der Waals surface area (Å²) in [4.78, 5) is 33.9. The highest BCUT2D eigenvalue weighted by Crippen LogP contribution is 2.32. The molecule has 0 amide bonds. The second kappa shape index (κ2) is 8.94. The summed E-state index contributed by atoms with van der Waals surface area (Å²) in [6, 6.07) is 0. The summed E-state index contributed by atoms with van der Waals surface area (Å²) < 4.78 is 46.2. The molecule has 0 saturated carbocycles. The van der Waals surface area contributed by atoms with Gasteiger partial charge in [-0.15, -0.1) is 0 Å². The van der Waals surface area contributed by atoms with Crippen molar-refractivity contribution in [1.29, 1.82) is 0 Å². The van der Waals surface area contributed by atoms with E-state index in [4.69, 9.17) is 0 Å². The van der Waals surface area contributed by atoms with Crippen LogP contribution in [-0.4, -0.2) is 30.3 Å². The van der Waals surface area contributed by atoms with E-state index in [0.717, 1.165) is 20.2 Å². The molecule has 11 heteroatoms. The summed E-state index contributed by atoms with van der Waals surface area (Å²) in [5.41, 5.74) is 0.101. The number of ether oxygens (including phenoxy) is 1. The number of nitrogens with zero attached hydrogens (tertiary/aromatic N) is 1. The van der Waals surface area contributed by atoms with Gasteiger partial charge in [0.05, 0.1) is 12.0 Å². The zero-order valence-electron chi connectivity index (χ0n) is 14.1. The van der Waals surface area contributed by atoms with Crippen LogP contribution in [0.3, 0.4) is 0 Å². The smallest absolute Gasteiger partial charge is 0.343 e. The lowest BCUT2D eigenvalue weighted by Crippen LogP contribution is -2.30. The molecule has 0 aromatic heterocycles. The van der Waals surface area contributed by atoms with Crippen LogP contribution in [-0.2, 0) is 9.53 Å². The number of rotatable bonds is 8. The Kier molecular flexibility index (Phi) is 7.26. The molecule has 1 rings (SSSR count). The minimum absolute atomic E-state index is 0.429. The molecule has 0 aliphatic rings. The number of methoxy groups -OCH3 is 1. The summed E-state index contributed by atoms with van der Waals surface area (Å²) in [7, 11) is 0.921. The van der Waals surface area contributed by atoms with Gasteiger partial charge in [0.2, 0.25) is 11.6 Å². The number of esters is 1. The van der Waals surface area contributed by atoms with Crippen molar-refractivity contribution in [3.8, 4) is 0 Å². The fourth-order valence-corrected chi connectivity index (χ4v) is 1.93. The van der Waals surface area contributed by atoms with Gasteiger partial charge in [-0.1, -0.05) is 6.92 Å². The fourth-order valence-electron chi connectivity index (χ4n) is 1.93. The first kappa shape index (κ1) is 21.1. The maximum Gasteiger partial charge on any atom is 0.343 e. The number of Topliss-reactive ketones (excluding diaryl/α,β-unsaturated/α-hetero) is 1. The number of hydrogen-bond acceptors (Lipinski definition) is 7. The third-order valence-electron chi connectivity index (χ3n) is 3.27. The van der Waals surface area contributed by atoms with Crippen molar-refractivity contribution in [2.75, 3.05) is 13.7 Å². The third kappa shape index (κ3) is 4.17. The van der Waals surface area contributed by atoms with Gasteiger partial charge < -0.3 is 10.2 Å². The van der Waals surface area contributed by atoms with Gasteiger partial charge in [0, 0.05) is 18.3 Å². The lowest BCUT2D eigenvalue weighted by Gasteiger charge is -2.11. The topological polar surface area (TPSA) is 111 Å².